The van der Waals surface area contributed by atoms with E-state index in [0.717, 1.165) is 45.5 Å². The molecule has 10 nitrogen and oxygen atoms in total. The highest BCUT2D eigenvalue weighted by atomic mass is 32.1. The van der Waals surface area contributed by atoms with E-state index in [4.69, 9.17) is 4.74 Å². The van der Waals surface area contributed by atoms with Crippen LogP contribution in [0.1, 0.15) is 16.9 Å². The first kappa shape index (κ1) is 19.7. The maximum Gasteiger partial charge on any atom is 0.413 e. The molecule has 1 aromatic carbocycles. The summed E-state index contributed by atoms with van der Waals surface area (Å²) in [6.07, 6.45) is 6.55. The molecule has 3 N–H and O–H groups in total. The molecule has 0 saturated carbocycles. The first-order valence-corrected chi connectivity index (χ1v) is 11.4. The molecule has 1 atom stereocenters. The van der Waals surface area contributed by atoms with Gasteiger partial charge in [0.15, 0.2) is 0 Å². The van der Waals surface area contributed by atoms with Crippen LogP contribution < -0.4 is 10.6 Å². The summed E-state index contributed by atoms with van der Waals surface area (Å²) in [7, 11) is 1.76. The van der Waals surface area contributed by atoms with Crippen LogP contribution in [0.4, 0.5) is 22.1 Å². The highest BCUT2D eigenvalue weighted by Crippen LogP contribution is 2.39. The minimum absolute atomic E-state index is 0.188. The lowest BCUT2D eigenvalue weighted by atomic mass is 9.94. The van der Waals surface area contributed by atoms with Gasteiger partial charge in [0, 0.05) is 35.5 Å². The minimum atomic E-state index is -0.468. The summed E-state index contributed by atoms with van der Waals surface area (Å²) in [5.74, 6) is 1.38. The number of thiophene rings is 1. The molecule has 33 heavy (non-hydrogen) atoms. The number of carbonyl (C=O) groups is 1. The molecule has 0 bridgehead atoms. The van der Waals surface area contributed by atoms with E-state index in [1.165, 1.54) is 10.4 Å². The number of nitrogens with zero attached hydrogens (tertiary/aromatic N) is 5. The number of benzene rings is 1. The number of hydrogen-bond acceptors (Lipinski definition) is 8. The van der Waals surface area contributed by atoms with Crippen molar-refractivity contribution < 1.29 is 9.53 Å². The smallest absolute Gasteiger partial charge is 0.413 e. The Bertz CT molecular complexity index is 1490. The Morgan fingerprint density at radius 3 is 3.12 bits per heavy atom. The van der Waals surface area contributed by atoms with Crippen molar-refractivity contribution in [3.8, 4) is 0 Å². The van der Waals surface area contributed by atoms with Crippen molar-refractivity contribution in [2.45, 2.75) is 25.4 Å². The Hall–Kier alpha value is -3.99. The molecular weight excluding hydrogens is 440 g/mol. The zero-order valence-electron chi connectivity index (χ0n) is 17.7. The first-order chi connectivity index (χ1) is 16.1. The maximum atomic E-state index is 12.3. The van der Waals surface area contributed by atoms with E-state index >= 15 is 0 Å². The number of aryl methyl sites for hydroxylation is 2. The van der Waals surface area contributed by atoms with Crippen LogP contribution in [0.15, 0.2) is 43.0 Å². The molecule has 1 unspecified atom stereocenters. The largest absolute Gasteiger partial charge is 0.446 e. The summed E-state index contributed by atoms with van der Waals surface area (Å²) in [6, 6.07) is 7.75. The van der Waals surface area contributed by atoms with E-state index in [1.807, 2.05) is 18.2 Å². The maximum absolute atomic E-state index is 12.3. The summed E-state index contributed by atoms with van der Waals surface area (Å²) >= 11 is 1.64. The fraction of sp³-hybridized carbons (Fsp3) is 0.227. The van der Waals surface area contributed by atoms with E-state index in [2.05, 4.69) is 35.9 Å². The summed E-state index contributed by atoms with van der Waals surface area (Å²) in [4.78, 5) is 23.5. The number of amides is 1. The molecule has 0 radical (unpaired) electrons. The number of aromatic nitrogens is 6. The number of rotatable bonds is 4. The second kappa shape index (κ2) is 7.85. The number of aromatic amines is 1. The van der Waals surface area contributed by atoms with Crippen molar-refractivity contribution >= 4 is 55.9 Å². The van der Waals surface area contributed by atoms with E-state index in [0.29, 0.717) is 12.2 Å². The van der Waals surface area contributed by atoms with Crippen molar-refractivity contribution in [3.63, 3.8) is 0 Å². The lowest BCUT2D eigenvalue weighted by Gasteiger charge is -2.22. The number of nitrogens with one attached hydrogen (secondary N) is 3. The topological polar surface area (TPSA) is 123 Å². The fourth-order valence-corrected chi connectivity index (χ4v) is 5.47. The van der Waals surface area contributed by atoms with Crippen LogP contribution in [-0.4, -0.2) is 42.1 Å². The van der Waals surface area contributed by atoms with Gasteiger partial charge in [-0.1, -0.05) is 0 Å². The number of fused-ring (bicyclic) bond motifs is 4. The second-order valence-corrected chi connectivity index (χ2v) is 9.02. The van der Waals surface area contributed by atoms with Crippen LogP contribution in [0.5, 0.6) is 0 Å². The SMILES string of the molecule is Cn1nccc1NC(=O)OC1CCc2c(sc3ncnc(Nc4ccc5[nH]ncc5c4)c23)C1. The molecule has 11 heteroatoms. The van der Waals surface area contributed by atoms with Crippen molar-refractivity contribution in [2.75, 3.05) is 10.6 Å². The molecule has 0 spiro atoms. The number of carbonyl (C=O) groups excluding carboxylic acids is 1. The summed E-state index contributed by atoms with van der Waals surface area (Å²) in [5, 5.41) is 19.3. The van der Waals surface area contributed by atoms with Gasteiger partial charge >= 0.3 is 6.09 Å². The van der Waals surface area contributed by atoms with E-state index in [1.54, 1.807) is 47.9 Å². The average molecular weight is 461 g/mol. The Kier molecular flexibility index (Phi) is 4.68. The van der Waals surface area contributed by atoms with Crippen LogP contribution in [0, 0.1) is 0 Å². The van der Waals surface area contributed by atoms with Gasteiger partial charge < -0.3 is 10.1 Å². The molecule has 1 amide bonds. The first-order valence-electron chi connectivity index (χ1n) is 10.5. The minimum Gasteiger partial charge on any atom is -0.446 e. The van der Waals surface area contributed by atoms with Gasteiger partial charge in [-0.2, -0.15) is 10.2 Å². The quantitative estimate of drug-likeness (QED) is 0.368. The van der Waals surface area contributed by atoms with Gasteiger partial charge in [0.25, 0.3) is 0 Å². The molecule has 1 aliphatic rings. The molecule has 6 rings (SSSR count). The Labute approximate surface area is 192 Å². The van der Waals surface area contributed by atoms with Crippen molar-refractivity contribution in [2.24, 2.45) is 7.05 Å². The zero-order valence-corrected chi connectivity index (χ0v) is 18.5. The molecule has 166 valence electrons. The van der Waals surface area contributed by atoms with Gasteiger partial charge in [0.1, 0.15) is 28.9 Å². The molecular formula is C22H20N8O2S. The standard InChI is InChI=1S/C22H20N8O2S/c1-30-18(6-7-26-30)28-22(31)32-14-3-4-15-17(9-14)33-21-19(15)20(23-11-24-21)27-13-2-5-16-12(8-13)10-25-29-16/h2,5-8,10-11,14H,3-4,9H2,1H3,(H,25,29)(H,28,31)(H,23,24,27). The Morgan fingerprint density at radius 2 is 2.24 bits per heavy atom. The second-order valence-electron chi connectivity index (χ2n) is 7.94. The summed E-state index contributed by atoms with van der Waals surface area (Å²) in [5.41, 5.74) is 3.15. The normalized spacial score (nSPS) is 15.5. The highest BCUT2D eigenvalue weighted by molar-refractivity contribution is 7.19. The van der Waals surface area contributed by atoms with Crippen LogP contribution in [0.25, 0.3) is 21.1 Å². The zero-order chi connectivity index (χ0) is 22.4. The predicted molar refractivity (Wildman–Crippen MR) is 126 cm³/mol. The van der Waals surface area contributed by atoms with Gasteiger partial charge in [0.05, 0.1) is 23.3 Å². The highest BCUT2D eigenvalue weighted by Gasteiger charge is 2.27. The third-order valence-corrected chi connectivity index (χ3v) is 6.99. The van der Waals surface area contributed by atoms with Crippen LogP contribution in [0.2, 0.25) is 0 Å². The lowest BCUT2D eigenvalue weighted by Crippen LogP contribution is -2.27. The number of H-pyrrole nitrogens is 1. The van der Waals surface area contributed by atoms with Crippen LogP contribution in [0.3, 0.4) is 0 Å². The Balaban J connectivity index is 1.23. The van der Waals surface area contributed by atoms with E-state index < -0.39 is 6.09 Å². The molecule has 4 aromatic heterocycles. The molecule has 0 fully saturated rings. The van der Waals surface area contributed by atoms with E-state index in [-0.39, 0.29) is 6.10 Å². The van der Waals surface area contributed by atoms with Crippen molar-refractivity contribution in [3.05, 3.63) is 53.4 Å². The molecule has 0 saturated heterocycles. The van der Waals surface area contributed by atoms with Gasteiger partial charge in [-0.15, -0.1) is 11.3 Å². The summed E-state index contributed by atoms with van der Waals surface area (Å²) in [6.45, 7) is 0. The van der Waals surface area contributed by atoms with Crippen LogP contribution in [-0.2, 0) is 24.6 Å². The number of anilines is 3. The van der Waals surface area contributed by atoms with E-state index in [9.17, 15) is 4.79 Å². The third kappa shape index (κ3) is 3.65. The molecule has 5 aromatic rings. The van der Waals surface area contributed by atoms with Crippen molar-refractivity contribution in [1.82, 2.24) is 29.9 Å². The van der Waals surface area contributed by atoms with Crippen molar-refractivity contribution in [1.29, 1.82) is 0 Å². The van der Waals surface area contributed by atoms with Gasteiger partial charge in [-0.3, -0.25) is 15.1 Å². The van der Waals surface area contributed by atoms with Crippen LogP contribution >= 0.6 is 11.3 Å². The Morgan fingerprint density at radius 1 is 1.30 bits per heavy atom. The molecule has 0 aliphatic heterocycles. The lowest BCUT2D eigenvalue weighted by molar-refractivity contribution is 0.103. The average Bonchev–Trinajstić information content (AvgIpc) is 3.52. The fourth-order valence-electron chi connectivity index (χ4n) is 4.21. The predicted octanol–water partition coefficient (Wildman–Crippen LogP) is 4.15. The molecule has 4 heterocycles. The molecule has 1 aliphatic carbocycles. The van der Waals surface area contributed by atoms with Gasteiger partial charge in [-0.05, 0) is 36.6 Å². The number of hydrogen-bond donors (Lipinski definition) is 3. The van der Waals surface area contributed by atoms with Gasteiger partial charge in [0.2, 0.25) is 0 Å². The summed E-state index contributed by atoms with van der Waals surface area (Å²) < 4.78 is 7.27. The number of ether oxygens (including phenoxy) is 1. The monoisotopic (exact) mass is 460 g/mol. The van der Waals surface area contributed by atoms with Gasteiger partial charge in [-0.25, -0.2) is 14.8 Å². The third-order valence-electron chi connectivity index (χ3n) is 5.83.